The zero-order valence-corrected chi connectivity index (χ0v) is 10.7. The van der Waals surface area contributed by atoms with Crippen molar-refractivity contribution in [2.75, 3.05) is 13.1 Å². The number of fused-ring (bicyclic) bond motifs is 1. The summed E-state index contributed by atoms with van der Waals surface area (Å²) in [7, 11) is 0. The lowest BCUT2D eigenvalue weighted by molar-refractivity contribution is 0.300. The Hall–Kier alpha value is -0.530. The van der Waals surface area contributed by atoms with Gasteiger partial charge in [-0.1, -0.05) is 39.0 Å². The van der Waals surface area contributed by atoms with Gasteiger partial charge in [-0.3, -0.25) is 4.99 Å². The quantitative estimate of drug-likeness (QED) is 0.627. The predicted molar refractivity (Wildman–Crippen MR) is 70.0 cm³/mol. The molecule has 0 aromatic carbocycles. The summed E-state index contributed by atoms with van der Waals surface area (Å²) >= 11 is 0. The Morgan fingerprint density at radius 2 is 2.12 bits per heavy atom. The second-order valence-electron chi connectivity index (χ2n) is 5.24. The molecule has 2 aliphatic rings. The molecule has 0 aliphatic carbocycles. The van der Waals surface area contributed by atoms with E-state index in [1.54, 1.807) is 0 Å². The first-order valence-electron chi connectivity index (χ1n) is 7.22. The third kappa shape index (κ3) is 2.99. The van der Waals surface area contributed by atoms with Crippen LogP contribution in [0.5, 0.6) is 0 Å². The highest BCUT2D eigenvalue weighted by Crippen LogP contribution is 2.26. The van der Waals surface area contributed by atoms with E-state index in [-0.39, 0.29) is 0 Å². The third-order valence-electron chi connectivity index (χ3n) is 3.97. The van der Waals surface area contributed by atoms with E-state index < -0.39 is 0 Å². The van der Waals surface area contributed by atoms with Crippen LogP contribution < -0.4 is 0 Å². The van der Waals surface area contributed by atoms with E-state index in [4.69, 9.17) is 0 Å². The van der Waals surface area contributed by atoms with Gasteiger partial charge in [0.05, 0.1) is 5.84 Å². The minimum absolute atomic E-state index is 0.834. The van der Waals surface area contributed by atoms with Crippen molar-refractivity contribution in [3.8, 4) is 0 Å². The average Bonchev–Trinajstić information content (AvgIpc) is 2.73. The van der Waals surface area contributed by atoms with Crippen LogP contribution >= 0.6 is 0 Å². The molecule has 0 bridgehead atoms. The summed E-state index contributed by atoms with van der Waals surface area (Å²) < 4.78 is 0. The first kappa shape index (κ1) is 11.9. The van der Waals surface area contributed by atoms with E-state index in [0.717, 1.165) is 12.6 Å². The Morgan fingerprint density at radius 3 is 3.00 bits per heavy atom. The van der Waals surface area contributed by atoms with Gasteiger partial charge in [0.15, 0.2) is 0 Å². The summed E-state index contributed by atoms with van der Waals surface area (Å²) in [5.41, 5.74) is 0. The maximum atomic E-state index is 4.64. The minimum Gasteiger partial charge on any atom is -0.357 e. The van der Waals surface area contributed by atoms with Crippen molar-refractivity contribution in [2.45, 2.75) is 70.8 Å². The van der Waals surface area contributed by atoms with Crippen LogP contribution in [0.1, 0.15) is 64.7 Å². The second kappa shape index (κ2) is 6.27. The fourth-order valence-corrected chi connectivity index (χ4v) is 3.02. The first-order chi connectivity index (χ1) is 7.92. The van der Waals surface area contributed by atoms with E-state index in [9.17, 15) is 0 Å². The molecule has 0 aromatic rings. The lowest BCUT2D eigenvalue weighted by Crippen LogP contribution is -2.36. The third-order valence-corrected chi connectivity index (χ3v) is 3.97. The molecule has 1 saturated heterocycles. The molecule has 2 heteroatoms. The molecule has 0 N–H and O–H groups in total. The summed E-state index contributed by atoms with van der Waals surface area (Å²) in [5, 5.41) is 0. The van der Waals surface area contributed by atoms with Crippen LogP contribution in [0.2, 0.25) is 0 Å². The molecule has 2 heterocycles. The molecule has 0 aromatic heterocycles. The monoisotopic (exact) mass is 222 g/mol. The van der Waals surface area contributed by atoms with E-state index in [0.29, 0.717) is 0 Å². The average molecular weight is 222 g/mol. The lowest BCUT2D eigenvalue weighted by Gasteiger charge is -2.29. The van der Waals surface area contributed by atoms with Crippen molar-refractivity contribution in [1.82, 2.24) is 4.90 Å². The molecule has 0 saturated carbocycles. The number of unbranched alkanes of at least 4 members (excludes halogenated alkanes) is 4. The summed E-state index contributed by atoms with van der Waals surface area (Å²) in [5.74, 6) is 1.42. The Balaban J connectivity index is 1.66. The molecule has 1 fully saturated rings. The zero-order chi connectivity index (χ0) is 11.2. The predicted octanol–water partition coefficient (Wildman–Crippen LogP) is 3.61. The standard InChI is InChI=1S/C14H26N2/c1-2-3-4-5-6-8-13-9-10-14-15-11-7-12-16(13)14/h13H,2-12H2,1H3. The Bertz CT molecular complexity index is 235. The van der Waals surface area contributed by atoms with E-state index in [2.05, 4.69) is 16.8 Å². The van der Waals surface area contributed by atoms with Crippen LogP contribution in [0, 0.1) is 0 Å². The van der Waals surface area contributed by atoms with Crippen molar-refractivity contribution < 1.29 is 0 Å². The molecule has 1 atom stereocenters. The van der Waals surface area contributed by atoms with Crippen LogP contribution in [0.15, 0.2) is 4.99 Å². The van der Waals surface area contributed by atoms with Gasteiger partial charge < -0.3 is 4.90 Å². The van der Waals surface area contributed by atoms with Gasteiger partial charge in [0.2, 0.25) is 0 Å². The minimum atomic E-state index is 0.834. The number of amidine groups is 1. The van der Waals surface area contributed by atoms with Gasteiger partial charge in [-0.15, -0.1) is 0 Å². The molecule has 0 radical (unpaired) electrons. The normalized spacial score (nSPS) is 24.4. The summed E-state index contributed by atoms with van der Waals surface area (Å²) in [6.07, 6.45) is 12.4. The van der Waals surface area contributed by atoms with E-state index >= 15 is 0 Å². The van der Waals surface area contributed by atoms with E-state index in [1.807, 2.05) is 0 Å². The second-order valence-corrected chi connectivity index (χ2v) is 5.24. The number of nitrogens with zero attached hydrogens (tertiary/aromatic N) is 2. The number of rotatable bonds is 6. The highest BCUT2D eigenvalue weighted by atomic mass is 15.2. The van der Waals surface area contributed by atoms with Gasteiger partial charge in [0.1, 0.15) is 0 Å². The van der Waals surface area contributed by atoms with Gasteiger partial charge in [-0.25, -0.2) is 0 Å². The molecule has 16 heavy (non-hydrogen) atoms. The Morgan fingerprint density at radius 1 is 1.25 bits per heavy atom. The number of hydrogen-bond acceptors (Lipinski definition) is 2. The van der Waals surface area contributed by atoms with Crippen molar-refractivity contribution in [3.63, 3.8) is 0 Å². The molecule has 2 rings (SSSR count). The lowest BCUT2D eigenvalue weighted by atomic mass is 10.0. The Kier molecular flexibility index (Phi) is 4.68. The topological polar surface area (TPSA) is 15.6 Å². The molecule has 92 valence electrons. The van der Waals surface area contributed by atoms with Gasteiger partial charge in [0, 0.05) is 25.6 Å². The zero-order valence-electron chi connectivity index (χ0n) is 10.7. The van der Waals surface area contributed by atoms with Crippen LogP contribution in [0.3, 0.4) is 0 Å². The maximum Gasteiger partial charge on any atom is 0.0992 e. The molecule has 2 nitrogen and oxygen atoms in total. The molecule has 1 unspecified atom stereocenters. The largest absolute Gasteiger partial charge is 0.357 e. The molecule has 0 spiro atoms. The smallest absolute Gasteiger partial charge is 0.0992 e. The Labute approximate surface area is 100 Å². The van der Waals surface area contributed by atoms with Crippen molar-refractivity contribution >= 4 is 5.84 Å². The summed E-state index contributed by atoms with van der Waals surface area (Å²) in [6, 6.07) is 0.834. The highest BCUT2D eigenvalue weighted by Gasteiger charge is 2.29. The molecular weight excluding hydrogens is 196 g/mol. The van der Waals surface area contributed by atoms with Crippen LogP contribution in [0.4, 0.5) is 0 Å². The van der Waals surface area contributed by atoms with Crippen molar-refractivity contribution in [3.05, 3.63) is 0 Å². The van der Waals surface area contributed by atoms with Gasteiger partial charge in [-0.2, -0.15) is 0 Å². The van der Waals surface area contributed by atoms with E-state index in [1.165, 1.54) is 70.2 Å². The molecular formula is C14H26N2. The first-order valence-corrected chi connectivity index (χ1v) is 7.22. The van der Waals surface area contributed by atoms with Crippen LogP contribution in [-0.2, 0) is 0 Å². The van der Waals surface area contributed by atoms with Gasteiger partial charge in [0.25, 0.3) is 0 Å². The fraction of sp³-hybridized carbons (Fsp3) is 0.929. The van der Waals surface area contributed by atoms with Gasteiger partial charge in [-0.05, 0) is 19.3 Å². The maximum absolute atomic E-state index is 4.64. The number of aliphatic imine (C=N–C) groups is 1. The molecule has 0 amide bonds. The van der Waals surface area contributed by atoms with Crippen molar-refractivity contribution in [1.29, 1.82) is 0 Å². The molecule has 2 aliphatic heterocycles. The van der Waals surface area contributed by atoms with Gasteiger partial charge >= 0.3 is 0 Å². The van der Waals surface area contributed by atoms with Crippen LogP contribution in [-0.4, -0.2) is 29.9 Å². The fourth-order valence-electron chi connectivity index (χ4n) is 3.02. The SMILES string of the molecule is CCCCCCCC1CCC2=NCCCN21. The summed E-state index contributed by atoms with van der Waals surface area (Å²) in [6.45, 7) is 4.64. The highest BCUT2D eigenvalue weighted by molar-refractivity contribution is 5.85. The van der Waals surface area contributed by atoms with Crippen molar-refractivity contribution in [2.24, 2.45) is 4.99 Å². The number of hydrogen-bond donors (Lipinski definition) is 0. The summed E-state index contributed by atoms with van der Waals surface area (Å²) in [4.78, 5) is 7.24. The van der Waals surface area contributed by atoms with Crippen LogP contribution in [0.25, 0.3) is 0 Å².